The fourth-order valence-corrected chi connectivity index (χ4v) is 6.21. The molecule has 0 aliphatic carbocycles. The van der Waals surface area contributed by atoms with Crippen molar-refractivity contribution in [3.05, 3.63) is 97.2 Å². The largest absolute Gasteiger partial charge is 0.462 e. The molecule has 0 aromatic heterocycles. The summed E-state index contributed by atoms with van der Waals surface area (Å²) in [6.07, 6.45) is 62.9. The van der Waals surface area contributed by atoms with Crippen LogP contribution in [0.1, 0.15) is 207 Å². The van der Waals surface area contributed by atoms with Gasteiger partial charge in [0.25, 0.3) is 0 Å². The fraction of sp³-hybridized carbons (Fsp3) is 0.648. The minimum absolute atomic E-state index is 0.118. The zero-order valence-corrected chi connectivity index (χ0v) is 38.7. The summed E-state index contributed by atoms with van der Waals surface area (Å²) < 4.78 is 16.5. The van der Waals surface area contributed by atoms with E-state index in [-0.39, 0.29) is 44.4 Å². The second-order valence-corrected chi connectivity index (χ2v) is 15.7. The van der Waals surface area contributed by atoms with Gasteiger partial charge in [0.05, 0.1) is 6.42 Å². The number of carbonyl (C=O) groups is 3. The summed E-state index contributed by atoms with van der Waals surface area (Å²) in [7, 11) is 0. The monoisotopic (exact) mass is 833 g/mol. The highest BCUT2D eigenvalue weighted by atomic mass is 16.6. The molecule has 0 aliphatic rings. The van der Waals surface area contributed by atoms with Gasteiger partial charge in [-0.1, -0.05) is 195 Å². The first-order chi connectivity index (χ1) is 29.5. The highest BCUT2D eigenvalue weighted by Crippen LogP contribution is 2.11. The normalized spacial score (nSPS) is 12.9. The van der Waals surface area contributed by atoms with Gasteiger partial charge in [-0.15, -0.1) is 0 Å². The molecule has 1 unspecified atom stereocenters. The third-order valence-electron chi connectivity index (χ3n) is 9.85. The van der Waals surface area contributed by atoms with E-state index in [1.807, 2.05) is 6.08 Å². The van der Waals surface area contributed by atoms with Gasteiger partial charge in [0.1, 0.15) is 13.2 Å². The Morgan fingerprint density at radius 1 is 0.383 bits per heavy atom. The van der Waals surface area contributed by atoms with Crippen molar-refractivity contribution < 1.29 is 28.6 Å². The lowest BCUT2D eigenvalue weighted by atomic mass is 10.1. The van der Waals surface area contributed by atoms with Crippen molar-refractivity contribution in [3.8, 4) is 0 Å². The molecule has 0 aliphatic heterocycles. The maximum absolute atomic E-state index is 12.7. The molecule has 0 saturated carbocycles. The molecule has 0 aromatic rings. The van der Waals surface area contributed by atoms with E-state index in [0.29, 0.717) is 12.8 Å². The number of ether oxygens (including phenoxy) is 3. The maximum Gasteiger partial charge on any atom is 0.309 e. The first kappa shape index (κ1) is 56.3. The Morgan fingerprint density at radius 3 is 1.32 bits per heavy atom. The molecule has 0 aromatic carbocycles. The van der Waals surface area contributed by atoms with Gasteiger partial charge in [0, 0.05) is 12.8 Å². The van der Waals surface area contributed by atoms with Crippen LogP contribution in [0.5, 0.6) is 0 Å². The standard InChI is InChI=1S/C54H88O6/c1-4-7-10-13-16-19-21-23-25-27-29-30-32-35-38-41-44-47-53(56)59-50-51(49-58-52(55)46-43-40-37-34-18-15-12-9-6-3)60-54(57)48-45-42-39-36-33-31-28-26-24-22-20-17-14-11-8-5-2/h9,12,18,23,25-26,28-31,33-35,38,40,43,51H,4-8,10-11,13-17,19-22,24,27,32,36-37,39,41-42,44-50H2,1-3H3/b12-9-,25-23-,28-26-,30-29-,33-31-,34-18-,38-35-,43-40-. The van der Waals surface area contributed by atoms with Crippen LogP contribution in [-0.4, -0.2) is 37.2 Å². The third kappa shape index (κ3) is 45.4. The molecule has 0 heterocycles. The zero-order valence-electron chi connectivity index (χ0n) is 38.7. The molecule has 0 amide bonds. The molecule has 0 fully saturated rings. The Hall–Kier alpha value is -3.67. The summed E-state index contributed by atoms with van der Waals surface area (Å²) in [5, 5.41) is 0. The number of hydrogen-bond acceptors (Lipinski definition) is 6. The van der Waals surface area contributed by atoms with Crippen LogP contribution in [0.25, 0.3) is 0 Å². The lowest BCUT2D eigenvalue weighted by Crippen LogP contribution is -2.30. The fourth-order valence-electron chi connectivity index (χ4n) is 6.21. The summed E-state index contributed by atoms with van der Waals surface area (Å²) in [4.78, 5) is 37.7. The number of unbranched alkanes of at least 4 members (excludes halogenated alkanes) is 17. The maximum atomic E-state index is 12.7. The van der Waals surface area contributed by atoms with Crippen LogP contribution >= 0.6 is 0 Å². The molecule has 0 bridgehead atoms. The molecule has 340 valence electrons. The van der Waals surface area contributed by atoms with Gasteiger partial charge >= 0.3 is 17.9 Å². The first-order valence-electron chi connectivity index (χ1n) is 24.3. The van der Waals surface area contributed by atoms with E-state index < -0.39 is 12.1 Å². The van der Waals surface area contributed by atoms with Crippen molar-refractivity contribution in [3.63, 3.8) is 0 Å². The van der Waals surface area contributed by atoms with Crippen molar-refractivity contribution >= 4 is 17.9 Å². The van der Waals surface area contributed by atoms with Crippen molar-refractivity contribution in [1.82, 2.24) is 0 Å². The lowest BCUT2D eigenvalue weighted by molar-refractivity contribution is -0.166. The Kier molecular flexibility index (Phi) is 45.1. The smallest absolute Gasteiger partial charge is 0.309 e. The van der Waals surface area contributed by atoms with E-state index >= 15 is 0 Å². The van der Waals surface area contributed by atoms with E-state index in [1.165, 1.54) is 89.9 Å². The molecule has 6 nitrogen and oxygen atoms in total. The quantitative estimate of drug-likeness (QED) is 0.0200. The minimum Gasteiger partial charge on any atom is -0.462 e. The number of esters is 3. The van der Waals surface area contributed by atoms with E-state index in [1.54, 1.807) is 6.08 Å². The Balaban J connectivity index is 4.54. The molecule has 6 heteroatoms. The number of carbonyl (C=O) groups excluding carboxylic acids is 3. The molecule has 0 saturated heterocycles. The van der Waals surface area contributed by atoms with Crippen LogP contribution in [0.2, 0.25) is 0 Å². The van der Waals surface area contributed by atoms with E-state index in [9.17, 15) is 14.4 Å². The number of rotatable bonds is 42. The van der Waals surface area contributed by atoms with Crippen LogP contribution in [0.4, 0.5) is 0 Å². The Morgan fingerprint density at radius 2 is 0.783 bits per heavy atom. The van der Waals surface area contributed by atoms with Crippen LogP contribution < -0.4 is 0 Å². The zero-order chi connectivity index (χ0) is 43.7. The molecule has 60 heavy (non-hydrogen) atoms. The first-order valence-corrected chi connectivity index (χ1v) is 24.3. The topological polar surface area (TPSA) is 78.9 Å². The van der Waals surface area contributed by atoms with Gasteiger partial charge in [-0.25, -0.2) is 0 Å². The van der Waals surface area contributed by atoms with Crippen molar-refractivity contribution in [2.75, 3.05) is 13.2 Å². The van der Waals surface area contributed by atoms with E-state index in [2.05, 4.69) is 106 Å². The predicted molar refractivity (Wildman–Crippen MR) is 256 cm³/mol. The lowest BCUT2D eigenvalue weighted by Gasteiger charge is -2.18. The third-order valence-corrected chi connectivity index (χ3v) is 9.85. The second kappa shape index (κ2) is 48.0. The average molecular weight is 833 g/mol. The summed E-state index contributed by atoms with van der Waals surface area (Å²) in [6.45, 7) is 6.32. The second-order valence-electron chi connectivity index (χ2n) is 15.7. The van der Waals surface area contributed by atoms with Crippen LogP contribution in [0.3, 0.4) is 0 Å². The highest BCUT2D eigenvalue weighted by Gasteiger charge is 2.19. The summed E-state index contributed by atoms with van der Waals surface area (Å²) >= 11 is 0. The molecular formula is C54H88O6. The number of allylic oxidation sites excluding steroid dienone is 15. The van der Waals surface area contributed by atoms with Crippen LogP contribution in [0.15, 0.2) is 97.2 Å². The van der Waals surface area contributed by atoms with Gasteiger partial charge in [0.15, 0.2) is 6.10 Å². The average Bonchev–Trinajstić information content (AvgIpc) is 3.24. The van der Waals surface area contributed by atoms with Gasteiger partial charge in [-0.2, -0.15) is 0 Å². The van der Waals surface area contributed by atoms with Gasteiger partial charge in [-0.05, 0) is 89.9 Å². The summed E-state index contributed by atoms with van der Waals surface area (Å²) in [5.41, 5.74) is 0. The SMILES string of the molecule is CC/C=C\C/C=C\C/C=C\CC(=O)OCC(COC(=O)CCC/C=C\C/C=C\C/C=C\CCCCCCCC)OC(=O)CCCCC/C=C\C=C/CCCCCCCCC. The molecule has 0 spiro atoms. The minimum atomic E-state index is -0.846. The Labute approximate surface area is 368 Å². The summed E-state index contributed by atoms with van der Waals surface area (Å²) in [6, 6.07) is 0. The predicted octanol–water partition coefficient (Wildman–Crippen LogP) is 15.8. The summed E-state index contributed by atoms with van der Waals surface area (Å²) in [5.74, 6) is -1.15. The van der Waals surface area contributed by atoms with Crippen molar-refractivity contribution in [2.45, 2.75) is 213 Å². The molecule has 0 radical (unpaired) electrons. The van der Waals surface area contributed by atoms with Crippen molar-refractivity contribution in [1.29, 1.82) is 0 Å². The van der Waals surface area contributed by atoms with Gasteiger partial charge < -0.3 is 14.2 Å². The van der Waals surface area contributed by atoms with Crippen molar-refractivity contribution in [2.24, 2.45) is 0 Å². The van der Waals surface area contributed by atoms with Crippen LogP contribution in [-0.2, 0) is 28.6 Å². The Bertz CT molecular complexity index is 1230. The molecule has 1 atom stereocenters. The van der Waals surface area contributed by atoms with Crippen LogP contribution in [0, 0.1) is 0 Å². The molecule has 0 rings (SSSR count). The van der Waals surface area contributed by atoms with E-state index in [0.717, 1.165) is 64.2 Å². The van der Waals surface area contributed by atoms with E-state index in [4.69, 9.17) is 14.2 Å². The highest BCUT2D eigenvalue weighted by molar-refractivity contribution is 5.72. The van der Waals surface area contributed by atoms with Gasteiger partial charge in [0.2, 0.25) is 0 Å². The van der Waals surface area contributed by atoms with Gasteiger partial charge in [-0.3, -0.25) is 14.4 Å². The number of hydrogen-bond donors (Lipinski definition) is 0. The molecule has 0 N–H and O–H groups in total. The molecular weight excluding hydrogens is 745 g/mol.